The number of nitrogens with zero attached hydrogens (tertiary/aromatic N) is 2. The first-order valence-electron chi connectivity index (χ1n) is 11.3. The van der Waals surface area contributed by atoms with Crippen molar-refractivity contribution < 1.29 is 27.7 Å². The van der Waals surface area contributed by atoms with Crippen molar-refractivity contribution >= 4 is 50.6 Å². The maximum atomic E-state index is 12.8. The van der Waals surface area contributed by atoms with E-state index in [0.717, 1.165) is 12.1 Å². The van der Waals surface area contributed by atoms with Gasteiger partial charge in [0.15, 0.2) is 12.4 Å². The van der Waals surface area contributed by atoms with Crippen LogP contribution in [0, 0.1) is 10.1 Å². The average Bonchev–Trinajstić information content (AvgIpc) is 2.89. The van der Waals surface area contributed by atoms with E-state index in [4.69, 9.17) is 27.9 Å². The molecule has 0 aromatic heterocycles. The summed E-state index contributed by atoms with van der Waals surface area (Å²) in [5.74, 6) is -0.603. The molecule has 1 heterocycles. The summed E-state index contributed by atoms with van der Waals surface area (Å²) in [6, 6.07) is 7.36. The van der Waals surface area contributed by atoms with E-state index in [2.05, 4.69) is 11.9 Å². The number of ether oxygens (including phenoxy) is 1. The lowest BCUT2D eigenvalue weighted by atomic mass is 10.0. The predicted molar refractivity (Wildman–Crippen MR) is 139 cm³/mol. The van der Waals surface area contributed by atoms with Gasteiger partial charge in [0, 0.05) is 36.8 Å². The van der Waals surface area contributed by atoms with Gasteiger partial charge in [-0.15, -0.1) is 0 Å². The third kappa shape index (κ3) is 6.67. The van der Waals surface area contributed by atoms with Crippen LogP contribution >= 0.6 is 23.2 Å². The number of nitro groups is 1. The Bertz CT molecular complexity index is 1320. The van der Waals surface area contributed by atoms with Gasteiger partial charge in [-0.05, 0) is 49.1 Å². The van der Waals surface area contributed by atoms with Crippen molar-refractivity contribution in [3.8, 4) is 5.75 Å². The Labute approximate surface area is 224 Å². The normalized spacial score (nSPS) is 14.7. The van der Waals surface area contributed by atoms with Crippen molar-refractivity contribution in [2.24, 2.45) is 0 Å². The van der Waals surface area contributed by atoms with Gasteiger partial charge in [-0.3, -0.25) is 19.7 Å². The number of carbonyl (C=O) groups is 2. The molecule has 2 aromatic rings. The number of hydrogen-bond donors (Lipinski definition) is 1. The van der Waals surface area contributed by atoms with Gasteiger partial charge in [0.1, 0.15) is 10.8 Å². The lowest BCUT2D eigenvalue weighted by molar-refractivity contribution is -0.384. The molecule has 0 unspecified atom stereocenters. The van der Waals surface area contributed by atoms with Gasteiger partial charge in [0.2, 0.25) is 10.0 Å². The number of ketones is 1. The number of carbonyl (C=O) groups excluding carboxylic acids is 2. The Hall–Kier alpha value is -2.99. The third-order valence-corrected chi connectivity index (χ3v) is 8.68. The molecule has 1 aliphatic rings. The quantitative estimate of drug-likeness (QED) is 0.194. The van der Waals surface area contributed by atoms with E-state index in [-0.39, 0.29) is 63.5 Å². The van der Waals surface area contributed by atoms with E-state index in [0.29, 0.717) is 24.8 Å². The number of hydrogen-bond acceptors (Lipinski definition) is 7. The number of benzene rings is 2. The van der Waals surface area contributed by atoms with E-state index < -0.39 is 20.9 Å². The van der Waals surface area contributed by atoms with Crippen molar-refractivity contribution in [3.63, 3.8) is 0 Å². The van der Waals surface area contributed by atoms with Crippen LogP contribution < -0.4 is 10.1 Å². The van der Waals surface area contributed by atoms with Crippen LogP contribution in [0.15, 0.2) is 53.4 Å². The Kier molecular flexibility index (Phi) is 9.30. The van der Waals surface area contributed by atoms with E-state index in [9.17, 15) is 28.1 Å². The van der Waals surface area contributed by atoms with Crippen LogP contribution in [0.4, 0.5) is 5.69 Å². The molecule has 0 spiro atoms. The van der Waals surface area contributed by atoms with Gasteiger partial charge in [-0.25, -0.2) is 8.42 Å². The first-order valence-corrected chi connectivity index (χ1v) is 13.5. The van der Waals surface area contributed by atoms with Crippen LogP contribution in [-0.2, 0) is 14.8 Å². The number of halogens is 2. The highest BCUT2D eigenvalue weighted by molar-refractivity contribution is 7.89. The number of Topliss-reactive ketones (excluding diaryl/α,β-unsaturated/α-hetero) is 1. The second-order valence-electron chi connectivity index (χ2n) is 8.31. The van der Waals surface area contributed by atoms with Crippen LogP contribution in [0.3, 0.4) is 0 Å². The molecule has 10 nitrogen and oxygen atoms in total. The maximum absolute atomic E-state index is 12.8. The predicted octanol–water partition coefficient (Wildman–Crippen LogP) is 4.40. The second kappa shape index (κ2) is 12.0. The molecule has 0 saturated carbocycles. The Morgan fingerprint density at radius 2 is 1.76 bits per heavy atom. The number of sulfonamides is 1. The molecule has 198 valence electrons. The van der Waals surface area contributed by atoms with E-state index in [1.807, 2.05) is 0 Å². The van der Waals surface area contributed by atoms with Crippen molar-refractivity contribution in [1.82, 2.24) is 9.62 Å². The van der Waals surface area contributed by atoms with E-state index in [1.54, 1.807) is 6.92 Å². The summed E-state index contributed by atoms with van der Waals surface area (Å²) in [6.07, 6.45) is 1.22. The van der Waals surface area contributed by atoms with Crippen molar-refractivity contribution in [1.29, 1.82) is 0 Å². The highest BCUT2D eigenvalue weighted by Gasteiger charge is 2.30. The SMILES string of the molecule is C=C(CC)C(=O)c1ccc(OCC(=O)NC2CCN(S(=O)(=O)c3ccc([N+](=O)[O-])cc3)CC2)c(Cl)c1Cl. The summed E-state index contributed by atoms with van der Waals surface area (Å²) < 4.78 is 32.4. The number of non-ortho nitro benzene ring substituents is 1. The fourth-order valence-corrected chi connectivity index (χ4v) is 5.64. The smallest absolute Gasteiger partial charge is 0.269 e. The monoisotopic (exact) mass is 569 g/mol. The zero-order valence-electron chi connectivity index (χ0n) is 19.9. The first-order chi connectivity index (χ1) is 17.4. The average molecular weight is 570 g/mol. The lowest BCUT2D eigenvalue weighted by Gasteiger charge is -2.31. The van der Waals surface area contributed by atoms with Crippen LogP contribution in [0.2, 0.25) is 10.0 Å². The number of rotatable bonds is 10. The summed E-state index contributed by atoms with van der Waals surface area (Å²) in [4.78, 5) is 34.9. The van der Waals surface area contributed by atoms with Gasteiger partial charge in [-0.1, -0.05) is 36.7 Å². The second-order valence-corrected chi connectivity index (χ2v) is 11.0. The number of allylic oxidation sites excluding steroid dienone is 1. The highest BCUT2D eigenvalue weighted by Crippen LogP contribution is 2.35. The summed E-state index contributed by atoms with van der Waals surface area (Å²) >= 11 is 12.5. The Morgan fingerprint density at radius 1 is 1.14 bits per heavy atom. The number of amides is 1. The highest BCUT2D eigenvalue weighted by atomic mass is 35.5. The molecule has 37 heavy (non-hydrogen) atoms. The minimum absolute atomic E-state index is 0.00831. The summed E-state index contributed by atoms with van der Waals surface area (Å²) in [6.45, 7) is 5.49. The maximum Gasteiger partial charge on any atom is 0.269 e. The molecule has 0 radical (unpaired) electrons. The van der Waals surface area contributed by atoms with Gasteiger partial charge in [0.05, 0.1) is 14.8 Å². The van der Waals surface area contributed by atoms with Crippen molar-refractivity contribution in [2.75, 3.05) is 19.7 Å². The fraction of sp³-hybridized carbons (Fsp3) is 0.333. The van der Waals surface area contributed by atoms with Gasteiger partial charge in [0.25, 0.3) is 11.6 Å². The zero-order valence-corrected chi connectivity index (χ0v) is 22.2. The van der Waals surface area contributed by atoms with Gasteiger partial charge in [-0.2, -0.15) is 4.31 Å². The molecule has 0 atom stereocenters. The number of piperidine rings is 1. The lowest BCUT2D eigenvalue weighted by Crippen LogP contribution is -2.47. The Balaban J connectivity index is 1.53. The number of nitrogens with one attached hydrogen (secondary N) is 1. The van der Waals surface area contributed by atoms with E-state index >= 15 is 0 Å². The molecular formula is C24H25Cl2N3O7S. The largest absolute Gasteiger partial charge is 0.482 e. The minimum Gasteiger partial charge on any atom is -0.482 e. The fourth-order valence-electron chi connectivity index (χ4n) is 3.71. The van der Waals surface area contributed by atoms with Crippen LogP contribution in [-0.4, -0.2) is 55.1 Å². The topological polar surface area (TPSA) is 136 Å². The molecular weight excluding hydrogens is 545 g/mol. The molecule has 1 N–H and O–H groups in total. The zero-order chi connectivity index (χ0) is 27.3. The van der Waals surface area contributed by atoms with Crippen molar-refractivity contribution in [3.05, 3.63) is 74.3 Å². The molecule has 3 rings (SSSR count). The van der Waals surface area contributed by atoms with E-state index in [1.165, 1.54) is 28.6 Å². The van der Waals surface area contributed by atoms with Gasteiger partial charge < -0.3 is 10.1 Å². The molecule has 13 heteroatoms. The molecule has 1 amide bonds. The van der Waals surface area contributed by atoms with Crippen LogP contribution in [0.25, 0.3) is 0 Å². The molecule has 1 aliphatic heterocycles. The number of nitro benzene ring substituents is 1. The summed E-state index contributed by atoms with van der Waals surface area (Å²) in [5.41, 5.74) is 0.390. The standard InChI is InChI=1S/C24H25Cl2N3O7S/c1-3-15(2)24(31)19-8-9-20(23(26)22(19)25)36-14-21(30)27-16-10-12-28(13-11-16)37(34,35)18-6-4-17(5-7-18)29(32)33/h4-9,16H,2-3,10-14H2,1H3,(H,27,30). The minimum atomic E-state index is -3.81. The first kappa shape index (κ1) is 28.6. The molecule has 1 fully saturated rings. The third-order valence-electron chi connectivity index (χ3n) is 5.90. The van der Waals surface area contributed by atoms with Crippen LogP contribution in [0.1, 0.15) is 36.5 Å². The molecule has 2 aromatic carbocycles. The van der Waals surface area contributed by atoms with Gasteiger partial charge >= 0.3 is 0 Å². The summed E-state index contributed by atoms with van der Waals surface area (Å²) in [5, 5.41) is 13.6. The molecule has 0 aliphatic carbocycles. The molecule has 0 bridgehead atoms. The summed E-state index contributed by atoms with van der Waals surface area (Å²) in [7, 11) is -3.81. The Morgan fingerprint density at radius 3 is 2.32 bits per heavy atom. The van der Waals surface area contributed by atoms with Crippen molar-refractivity contribution in [2.45, 2.75) is 37.1 Å². The van der Waals surface area contributed by atoms with Crippen LogP contribution in [0.5, 0.6) is 5.75 Å². The molecule has 1 saturated heterocycles.